The van der Waals surface area contributed by atoms with Crippen LogP contribution >= 0.6 is 0 Å². The molecule has 3 rings (SSSR count). The number of anilines is 1. The molecule has 1 fully saturated rings. The second-order valence-corrected chi connectivity index (χ2v) is 5.53. The number of ether oxygens (including phenoxy) is 2. The highest BCUT2D eigenvalue weighted by Crippen LogP contribution is 2.26. The molecule has 0 radical (unpaired) electrons. The Kier molecular flexibility index (Phi) is 4.37. The van der Waals surface area contributed by atoms with Crippen molar-refractivity contribution in [3.8, 4) is 17.2 Å². The second-order valence-electron chi connectivity index (χ2n) is 5.53. The van der Waals surface area contributed by atoms with E-state index in [9.17, 15) is 5.11 Å². The fourth-order valence-corrected chi connectivity index (χ4v) is 2.83. The van der Waals surface area contributed by atoms with E-state index in [0.29, 0.717) is 0 Å². The molecule has 0 bridgehead atoms. The minimum absolute atomic E-state index is 0.127. The van der Waals surface area contributed by atoms with Crippen LogP contribution in [0.15, 0.2) is 48.5 Å². The van der Waals surface area contributed by atoms with Crippen LogP contribution in [0.1, 0.15) is 12.8 Å². The Morgan fingerprint density at radius 1 is 1.09 bits per heavy atom. The monoisotopic (exact) mass is 299 g/mol. The van der Waals surface area contributed by atoms with Crippen molar-refractivity contribution < 1.29 is 14.6 Å². The Morgan fingerprint density at radius 2 is 1.91 bits per heavy atom. The average molecular weight is 299 g/mol. The van der Waals surface area contributed by atoms with Crippen LogP contribution < -0.4 is 14.4 Å². The van der Waals surface area contributed by atoms with Gasteiger partial charge in [-0.3, -0.25) is 0 Å². The summed E-state index contributed by atoms with van der Waals surface area (Å²) in [6.45, 7) is 1.86. The van der Waals surface area contributed by atoms with E-state index in [2.05, 4.69) is 17.0 Å². The van der Waals surface area contributed by atoms with Crippen molar-refractivity contribution in [2.75, 3.05) is 25.1 Å². The molecular weight excluding hydrogens is 278 g/mol. The van der Waals surface area contributed by atoms with Gasteiger partial charge < -0.3 is 19.5 Å². The van der Waals surface area contributed by atoms with Crippen LogP contribution in [0.4, 0.5) is 5.69 Å². The van der Waals surface area contributed by atoms with Crippen LogP contribution in [-0.2, 0) is 0 Å². The topological polar surface area (TPSA) is 41.9 Å². The Hall–Kier alpha value is -2.36. The number of benzene rings is 2. The molecule has 4 nitrogen and oxygen atoms in total. The number of hydrogen-bond acceptors (Lipinski definition) is 4. The van der Waals surface area contributed by atoms with Crippen molar-refractivity contribution in [2.45, 2.75) is 18.9 Å². The van der Waals surface area contributed by atoms with Gasteiger partial charge in [-0.15, -0.1) is 0 Å². The molecule has 2 aromatic rings. The first-order valence-electron chi connectivity index (χ1n) is 7.59. The van der Waals surface area contributed by atoms with E-state index in [1.54, 1.807) is 25.3 Å². The molecule has 1 heterocycles. The molecule has 0 spiro atoms. The van der Waals surface area contributed by atoms with Gasteiger partial charge in [-0.1, -0.05) is 12.1 Å². The molecule has 0 aromatic heterocycles. The number of nitrogens with zero attached hydrogens (tertiary/aromatic N) is 1. The predicted molar refractivity (Wildman–Crippen MR) is 87.0 cm³/mol. The van der Waals surface area contributed by atoms with Crippen LogP contribution in [0.3, 0.4) is 0 Å². The molecule has 1 aliphatic heterocycles. The summed E-state index contributed by atoms with van der Waals surface area (Å²) in [6, 6.07) is 15.1. The molecule has 116 valence electrons. The van der Waals surface area contributed by atoms with Crippen molar-refractivity contribution in [3.05, 3.63) is 48.5 Å². The zero-order valence-electron chi connectivity index (χ0n) is 12.7. The van der Waals surface area contributed by atoms with Crippen LogP contribution in [0, 0.1) is 0 Å². The molecule has 0 aliphatic carbocycles. The van der Waals surface area contributed by atoms with Gasteiger partial charge >= 0.3 is 0 Å². The Labute approximate surface area is 130 Å². The quantitative estimate of drug-likeness (QED) is 0.939. The molecule has 1 saturated heterocycles. The van der Waals surface area contributed by atoms with Crippen LogP contribution in [0.25, 0.3) is 0 Å². The van der Waals surface area contributed by atoms with E-state index in [1.165, 1.54) is 0 Å². The van der Waals surface area contributed by atoms with Crippen LogP contribution in [0.5, 0.6) is 17.2 Å². The normalized spacial score (nSPS) is 18.0. The summed E-state index contributed by atoms with van der Waals surface area (Å²) in [6.07, 6.45) is 2.23. The SMILES string of the molecule is COc1cccc(N2CCCC(Oc3cccc(O)c3)C2)c1. The maximum atomic E-state index is 9.53. The molecule has 1 atom stereocenters. The number of rotatable bonds is 4. The highest BCUT2D eigenvalue weighted by atomic mass is 16.5. The largest absolute Gasteiger partial charge is 0.508 e. The molecule has 0 saturated carbocycles. The summed E-state index contributed by atoms with van der Waals surface area (Å²) in [5, 5.41) is 9.53. The number of aromatic hydroxyl groups is 1. The molecular formula is C18H21NO3. The van der Waals surface area contributed by atoms with E-state index in [1.807, 2.05) is 18.2 Å². The van der Waals surface area contributed by atoms with Gasteiger partial charge in [-0.25, -0.2) is 0 Å². The summed E-state index contributed by atoms with van der Waals surface area (Å²) >= 11 is 0. The minimum Gasteiger partial charge on any atom is -0.508 e. The first-order chi connectivity index (χ1) is 10.7. The predicted octanol–water partition coefficient (Wildman–Crippen LogP) is 3.45. The lowest BCUT2D eigenvalue weighted by Crippen LogP contribution is -2.41. The third kappa shape index (κ3) is 3.45. The lowest BCUT2D eigenvalue weighted by molar-refractivity contribution is 0.179. The van der Waals surface area contributed by atoms with Crippen molar-refractivity contribution in [1.29, 1.82) is 0 Å². The van der Waals surface area contributed by atoms with Gasteiger partial charge in [0.1, 0.15) is 23.4 Å². The molecule has 1 aliphatic rings. The number of phenolic OH excluding ortho intramolecular Hbond substituents is 1. The van der Waals surface area contributed by atoms with Crippen LogP contribution in [-0.4, -0.2) is 31.4 Å². The van der Waals surface area contributed by atoms with Gasteiger partial charge in [0.05, 0.1) is 13.7 Å². The van der Waals surface area contributed by atoms with E-state index < -0.39 is 0 Å². The Bertz CT molecular complexity index is 629. The minimum atomic E-state index is 0.127. The van der Waals surface area contributed by atoms with E-state index in [4.69, 9.17) is 9.47 Å². The summed E-state index contributed by atoms with van der Waals surface area (Å²) in [7, 11) is 1.68. The molecule has 1 N–H and O–H groups in total. The highest BCUT2D eigenvalue weighted by Gasteiger charge is 2.22. The zero-order valence-corrected chi connectivity index (χ0v) is 12.7. The summed E-state index contributed by atoms with van der Waals surface area (Å²) in [4.78, 5) is 2.32. The van der Waals surface area contributed by atoms with Gasteiger partial charge in [0.25, 0.3) is 0 Å². The first-order valence-corrected chi connectivity index (χ1v) is 7.59. The molecule has 2 aromatic carbocycles. The molecule has 22 heavy (non-hydrogen) atoms. The summed E-state index contributed by atoms with van der Waals surface area (Å²) in [5.74, 6) is 1.82. The highest BCUT2D eigenvalue weighted by molar-refractivity contribution is 5.51. The standard InChI is InChI=1S/C18H21NO3/c1-21-16-7-2-5-14(11-16)19-10-4-9-18(13-19)22-17-8-3-6-15(20)12-17/h2-3,5-8,11-12,18,20H,4,9-10,13H2,1H3. The van der Waals surface area contributed by atoms with Crippen molar-refractivity contribution in [1.82, 2.24) is 0 Å². The van der Waals surface area contributed by atoms with Crippen molar-refractivity contribution in [2.24, 2.45) is 0 Å². The number of hydrogen-bond donors (Lipinski definition) is 1. The number of piperidine rings is 1. The van der Waals surface area contributed by atoms with Gasteiger partial charge in [-0.05, 0) is 37.1 Å². The fourth-order valence-electron chi connectivity index (χ4n) is 2.83. The van der Waals surface area contributed by atoms with Gasteiger partial charge in [-0.2, -0.15) is 0 Å². The van der Waals surface area contributed by atoms with Gasteiger partial charge in [0.15, 0.2) is 0 Å². The fraction of sp³-hybridized carbons (Fsp3) is 0.333. The maximum Gasteiger partial charge on any atom is 0.123 e. The lowest BCUT2D eigenvalue weighted by atomic mass is 10.1. The number of phenols is 1. The third-order valence-electron chi connectivity index (χ3n) is 3.92. The Balaban J connectivity index is 1.68. The van der Waals surface area contributed by atoms with E-state index >= 15 is 0 Å². The first kappa shape index (κ1) is 14.6. The molecule has 1 unspecified atom stereocenters. The number of methoxy groups -OCH3 is 1. The average Bonchev–Trinajstić information content (AvgIpc) is 2.55. The van der Waals surface area contributed by atoms with Gasteiger partial charge in [0.2, 0.25) is 0 Å². The van der Waals surface area contributed by atoms with E-state index in [-0.39, 0.29) is 11.9 Å². The summed E-state index contributed by atoms with van der Waals surface area (Å²) in [5.41, 5.74) is 1.16. The van der Waals surface area contributed by atoms with Crippen molar-refractivity contribution in [3.63, 3.8) is 0 Å². The summed E-state index contributed by atoms with van der Waals surface area (Å²) < 4.78 is 11.3. The third-order valence-corrected chi connectivity index (χ3v) is 3.92. The van der Waals surface area contributed by atoms with Crippen molar-refractivity contribution >= 4 is 5.69 Å². The second kappa shape index (κ2) is 6.60. The van der Waals surface area contributed by atoms with Gasteiger partial charge in [0, 0.05) is 24.4 Å². The maximum absolute atomic E-state index is 9.53. The Morgan fingerprint density at radius 3 is 2.73 bits per heavy atom. The van der Waals surface area contributed by atoms with Crippen LogP contribution in [0.2, 0.25) is 0 Å². The lowest BCUT2D eigenvalue weighted by Gasteiger charge is -2.34. The molecule has 4 heteroatoms. The zero-order chi connectivity index (χ0) is 15.4. The smallest absolute Gasteiger partial charge is 0.123 e. The molecule has 0 amide bonds. The van der Waals surface area contributed by atoms with E-state index in [0.717, 1.165) is 43.1 Å².